The van der Waals surface area contributed by atoms with Crippen molar-refractivity contribution in [3.8, 4) is 0 Å². The Morgan fingerprint density at radius 3 is 2.67 bits per heavy atom. The number of aromatic nitrogens is 1. The Balaban J connectivity index is 2.41. The minimum Gasteiger partial charge on any atom is -0.380 e. The van der Waals surface area contributed by atoms with Crippen molar-refractivity contribution in [2.45, 2.75) is 20.4 Å². The lowest BCUT2D eigenvalue weighted by Gasteiger charge is -2.05. The Morgan fingerprint density at radius 1 is 1.29 bits per heavy atom. The molecule has 0 unspecified atom stereocenters. The van der Waals surface area contributed by atoms with Gasteiger partial charge in [0.25, 0.3) is 5.91 Å². The summed E-state index contributed by atoms with van der Waals surface area (Å²) in [6, 6.07) is 7.54. The number of carbonyl (C=O) groups excluding carboxylic acids is 2. The van der Waals surface area contributed by atoms with Crippen molar-refractivity contribution >= 4 is 42.4 Å². The van der Waals surface area contributed by atoms with Gasteiger partial charge in [0.15, 0.2) is 4.80 Å². The van der Waals surface area contributed by atoms with Gasteiger partial charge < -0.3 is 9.30 Å². The number of para-hydroxylation sites is 1. The Bertz CT molecular complexity index is 925. The molecule has 0 aliphatic rings. The van der Waals surface area contributed by atoms with Gasteiger partial charge in [-0.05, 0) is 19.1 Å². The molecule has 1 aromatic carbocycles. The van der Waals surface area contributed by atoms with E-state index in [4.69, 9.17) is 4.74 Å². The average Bonchev–Trinajstić information content (AvgIpc) is 2.84. The van der Waals surface area contributed by atoms with Crippen molar-refractivity contribution in [3.05, 3.63) is 29.1 Å². The van der Waals surface area contributed by atoms with E-state index in [0.717, 1.165) is 17.1 Å². The highest BCUT2D eigenvalue weighted by Crippen LogP contribution is 2.16. The summed E-state index contributed by atoms with van der Waals surface area (Å²) < 4.78 is 31.2. The lowest BCUT2D eigenvalue weighted by molar-refractivity contribution is -0.116. The first-order chi connectivity index (χ1) is 11.3. The predicted octanol–water partition coefficient (Wildman–Crippen LogP) is 1.13. The zero-order valence-corrected chi connectivity index (χ0v) is 15.0. The molecule has 0 saturated heterocycles. The van der Waals surface area contributed by atoms with Crippen LogP contribution in [-0.2, 0) is 30.7 Å². The third-order valence-electron chi connectivity index (χ3n) is 3.22. The zero-order valence-electron chi connectivity index (χ0n) is 13.4. The molecule has 0 saturated carbocycles. The van der Waals surface area contributed by atoms with Crippen LogP contribution in [0.5, 0.6) is 0 Å². The first-order valence-electron chi connectivity index (χ1n) is 7.32. The first-order valence-corrected chi connectivity index (χ1v) is 9.79. The molecule has 2 aromatic rings. The number of hydrogen-bond acceptors (Lipinski definition) is 6. The van der Waals surface area contributed by atoms with Crippen LogP contribution in [0.25, 0.3) is 10.2 Å². The molecule has 0 N–H and O–H groups in total. The predicted molar refractivity (Wildman–Crippen MR) is 91.3 cm³/mol. The summed E-state index contributed by atoms with van der Waals surface area (Å²) in [5, 5.41) is -1.04. The third-order valence-corrected chi connectivity index (χ3v) is 5.79. The highest BCUT2D eigenvalue weighted by Gasteiger charge is 2.21. The third kappa shape index (κ3) is 4.37. The fraction of sp³-hybridized carbons (Fsp3) is 0.400. The van der Waals surface area contributed by atoms with E-state index in [2.05, 4.69) is 4.99 Å². The van der Waals surface area contributed by atoms with Crippen molar-refractivity contribution in [2.24, 2.45) is 4.99 Å². The molecular formula is C15H18N2O5S2. The maximum atomic E-state index is 12.0. The fourth-order valence-electron chi connectivity index (χ4n) is 2.03. The summed E-state index contributed by atoms with van der Waals surface area (Å²) in [7, 11) is -4.09. The van der Waals surface area contributed by atoms with Crippen LogP contribution >= 0.6 is 11.3 Å². The minimum absolute atomic E-state index is 0.389. The topological polar surface area (TPSA) is 94.8 Å². The fourth-order valence-corrected chi connectivity index (χ4v) is 3.69. The Kier molecular flexibility index (Phi) is 6.03. The first kappa shape index (κ1) is 18.5. The number of rotatable bonds is 6. The monoisotopic (exact) mass is 370 g/mol. The van der Waals surface area contributed by atoms with E-state index in [1.165, 1.54) is 11.3 Å². The van der Waals surface area contributed by atoms with Crippen LogP contribution in [0.4, 0.5) is 0 Å². The van der Waals surface area contributed by atoms with Gasteiger partial charge in [0.1, 0.15) is 5.75 Å². The second kappa shape index (κ2) is 7.82. The largest absolute Gasteiger partial charge is 0.380 e. The van der Waals surface area contributed by atoms with E-state index in [0.29, 0.717) is 24.6 Å². The molecule has 24 heavy (non-hydrogen) atoms. The number of sulfone groups is 1. The van der Waals surface area contributed by atoms with Crippen LogP contribution < -0.4 is 4.80 Å². The normalized spacial score (nSPS) is 12.7. The van der Waals surface area contributed by atoms with E-state index < -0.39 is 26.6 Å². The number of carbonyl (C=O) groups is 2. The Hall–Kier alpha value is -1.84. The molecule has 1 heterocycles. The van der Waals surface area contributed by atoms with Crippen LogP contribution in [0, 0.1) is 0 Å². The number of amides is 1. The van der Waals surface area contributed by atoms with Gasteiger partial charge in [-0.1, -0.05) is 23.5 Å². The highest BCUT2D eigenvalue weighted by atomic mass is 32.2. The quantitative estimate of drug-likeness (QED) is 0.711. The van der Waals surface area contributed by atoms with Crippen LogP contribution in [-0.4, -0.2) is 43.0 Å². The van der Waals surface area contributed by atoms with Gasteiger partial charge in [-0.2, -0.15) is 4.99 Å². The van der Waals surface area contributed by atoms with Crippen LogP contribution in [0.1, 0.15) is 13.8 Å². The molecule has 130 valence electrons. The van der Waals surface area contributed by atoms with E-state index in [1.54, 1.807) is 0 Å². The zero-order chi connectivity index (χ0) is 17.7. The molecule has 0 aliphatic heterocycles. The number of nitrogens with zero attached hydrogens (tertiary/aromatic N) is 2. The smallest absolute Gasteiger partial charge is 0.264 e. The molecule has 9 heteroatoms. The number of fused-ring (bicyclic) bond motifs is 1. The number of thiazole rings is 1. The van der Waals surface area contributed by atoms with Gasteiger partial charge in [-0.15, -0.1) is 0 Å². The second-order valence-electron chi connectivity index (χ2n) is 4.96. The molecule has 0 aliphatic carbocycles. The summed E-state index contributed by atoms with van der Waals surface area (Å²) in [4.78, 5) is 27.3. The molecule has 1 aromatic heterocycles. The van der Waals surface area contributed by atoms with Crippen LogP contribution in [0.15, 0.2) is 29.3 Å². The summed E-state index contributed by atoms with van der Waals surface area (Å²) in [5.74, 6) is -1.77. The molecule has 0 atom stereocenters. The molecule has 7 nitrogen and oxygen atoms in total. The number of hydrogen-bond donors (Lipinski definition) is 0. The van der Waals surface area contributed by atoms with Crippen molar-refractivity contribution in [2.75, 3.05) is 19.0 Å². The second-order valence-corrected chi connectivity index (χ2v) is 8.06. The van der Waals surface area contributed by atoms with Crippen molar-refractivity contribution in [1.82, 2.24) is 4.57 Å². The molecular weight excluding hydrogens is 352 g/mol. The van der Waals surface area contributed by atoms with Gasteiger partial charge in [-0.3, -0.25) is 9.59 Å². The van der Waals surface area contributed by atoms with Gasteiger partial charge >= 0.3 is 0 Å². The maximum Gasteiger partial charge on any atom is 0.264 e. The standard InChI is InChI=1S/C15H18N2O5S2/c1-3-22-9-8-17-12-6-4-5-7-13(12)23-15(17)16-14(19)10-24(20,21)11(2)18/h4-7H,3,8-10H2,1-2H3. The SMILES string of the molecule is CCOCCn1c(=NC(=O)CS(=O)(=O)C(C)=O)sc2ccccc21. The van der Waals surface area contributed by atoms with E-state index in [9.17, 15) is 18.0 Å². The van der Waals surface area contributed by atoms with E-state index in [1.807, 2.05) is 35.8 Å². The van der Waals surface area contributed by atoms with Gasteiger partial charge in [0.2, 0.25) is 15.0 Å². The molecule has 0 radical (unpaired) electrons. The van der Waals surface area contributed by atoms with Crippen molar-refractivity contribution in [1.29, 1.82) is 0 Å². The van der Waals surface area contributed by atoms with E-state index >= 15 is 0 Å². The summed E-state index contributed by atoms with van der Waals surface area (Å²) in [5.41, 5.74) is 0.892. The highest BCUT2D eigenvalue weighted by molar-refractivity contribution is 8.06. The molecule has 0 spiro atoms. The Morgan fingerprint density at radius 2 is 2.00 bits per heavy atom. The number of benzene rings is 1. The van der Waals surface area contributed by atoms with Crippen LogP contribution in [0.3, 0.4) is 0 Å². The van der Waals surface area contributed by atoms with Crippen LogP contribution in [0.2, 0.25) is 0 Å². The summed E-state index contributed by atoms with van der Waals surface area (Å²) in [6.07, 6.45) is 0. The van der Waals surface area contributed by atoms with Crippen molar-refractivity contribution < 1.29 is 22.7 Å². The maximum absolute atomic E-state index is 12.0. The summed E-state index contributed by atoms with van der Waals surface area (Å²) >= 11 is 1.28. The number of ether oxygens (including phenoxy) is 1. The van der Waals surface area contributed by atoms with Crippen molar-refractivity contribution in [3.63, 3.8) is 0 Å². The average molecular weight is 370 g/mol. The Labute approximate surface area is 143 Å². The lowest BCUT2D eigenvalue weighted by atomic mass is 10.3. The molecule has 2 rings (SSSR count). The molecule has 1 amide bonds. The van der Waals surface area contributed by atoms with Gasteiger partial charge in [0, 0.05) is 20.1 Å². The van der Waals surface area contributed by atoms with Gasteiger partial charge in [0.05, 0.1) is 16.8 Å². The lowest BCUT2D eigenvalue weighted by Crippen LogP contribution is -2.24. The van der Waals surface area contributed by atoms with E-state index in [-0.39, 0.29) is 0 Å². The summed E-state index contributed by atoms with van der Waals surface area (Å²) in [6.45, 7) is 4.32. The minimum atomic E-state index is -4.09. The van der Waals surface area contributed by atoms with Gasteiger partial charge in [-0.25, -0.2) is 8.42 Å². The molecule has 0 fully saturated rings. The molecule has 0 bridgehead atoms.